The summed E-state index contributed by atoms with van der Waals surface area (Å²) in [4.78, 5) is 22.8. The van der Waals surface area contributed by atoms with E-state index in [-0.39, 0.29) is 30.7 Å². The summed E-state index contributed by atoms with van der Waals surface area (Å²) >= 11 is 0. The van der Waals surface area contributed by atoms with E-state index in [0.717, 1.165) is 0 Å². The zero-order valence-corrected chi connectivity index (χ0v) is 10.3. The van der Waals surface area contributed by atoms with E-state index in [4.69, 9.17) is 4.74 Å². The van der Waals surface area contributed by atoms with E-state index in [1.807, 2.05) is 0 Å². The zero-order valence-electron chi connectivity index (χ0n) is 10.3. The van der Waals surface area contributed by atoms with Gasteiger partial charge in [0, 0.05) is 18.3 Å². The molecule has 0 bridgehead atoms. The highest BCUT2D eigenvalue weighted by Gasteiger charge is 2.23. The Kier molecular flexibility index (Phi) is 3.96. The lowest BCUT2D eigenvalue weighted by molar-refractivity contribution is -0.124. The number of methoxy groups -OCH3 is 1. The van der Waals surface area contributed by atoms with Crippen LogP contribution in [-0.4, -0.2) is 38.1 Å². The van der Waals surface area contributed by atoms with Gasteiger partial charge in [-0.3, -0.25) is 14.9 Å². The maximum Gasteiger partial charge on any atom is 0.243 e. The van der Waals surface area contributed by atoms with Gasteiger partial charge in [-0.2, -0.15) is 0 Å². The summed E-state index contributed by atoms with van der Waals surface area (Å²) < 4.78 is 18.2. The second kappa shape index (κ2) is 5.66. The number of hydrogen-bond donors (Lipinski definition) is 3. The molecule has 1 aliphatic rings. The van der Waals surface area contributed by atoms with Crippen LogP contribution < -0.4 is 20.7 Å². The average molecular weight is 267 g/mol. The first-order valence-electron chi connectivity index (χ1n) is 5.74. The number of carbonyl (C=O) groups excluding carboxylic acids is 2. The lowest BCUT2D eigenvalue weighted by Gasteiger charge is -2.23. The van der Waals surface area contributed by atoms with Crippen LogP contribution in [0.2, 0.25) is 0 Å². The molecule has 2 rings (SSSR count). The first-order chi connectivity index (χ1) is 9.10. The normalized spacial score (nSPS) is 18.6. The highest BCUT2D eigenvalue weighted by molar-refractivity contribution is 5.96. The maximum atomic E-state index is 13.4. The van der Waals surface area contributed by atoms with Crippen molar-refractivity contribution in [2.45, 2.75) is 6.04 Å². The second-order valence-electron chi connectivity index (χ2n) is 4.08. The molecule has 102 valence electrons. The largest absolute Gasteiger partial charge is 0.494 e. The molecule has 0 aromatic heterocycles. The second-order valence-corrected chi connectivity index (χ2v) is 4.08. The highest BCUT2D eigenvalue weighted by Crippen LogP contribution is 2.20. The predicted octanol–water partition coefficient (Wildman–Crippen LogP) is -0.139. The fourth-order valence-electron chi connectivity index (χ4n) is 1.73. The molecule has 1 atom stereocenters. The lowest BCUT2D eigenvalue weighted by Crippen LogP contribution is -2.56. The first kappa shape index (κ1) is 13.3. The molecular formula is C12H14FN3O3. The fourth-order valence-corrected chi connectivity index (χ4v) is 1.73. The number of hydrogen-bond acceptors (Lipinski definition) is 4. The number of piperazine rings is 1. The van der Waals surface area contributed by atoms with Crippen LogP contribution in [0, 0.1) is 5.82 Å². The molecule has 2 amide bonds. The predicted molar refractivity (Wildman–Crippen MR) is 66.4 cm³/mol. The third kappa shape index (κ3) is 3.19. The van der Waals surface area contributed by atoms with Gasteiger partial charge >= 0.3 is 0 Å². The number of rotatable bonds is 3. The van der Waals surface area contributed by atoms with Crippen LogP contribution in [0.5, 0.6) is 5.75 Å². The van der Waals surface area contributed by atoms with Crippen LogP contribution in [-0.2, 0) is 9.59 Å². The third-order valence-corrected chi connectivity index (χ3v) is 2.75. The van der Waals surface area contributed by atoms with Gasteiger partial charge in [0.05, 0.1) is 13.7 Å². The zero-order chi connectivity index (χ0) is 13.8. The number of anilines is 1. The first-order valence-corrected chi connectivity index (χ1v) is 5.74. The van der Waals surface area contributed by atoms with Crippen LogP contribution in [0.1, 0.15) is 0 Å². The molecule has 1 aromatic carbocycles. The van der Waals surface area contributed by atoms with Gasteiger partial charge in [-0.15, -0.1) is 0 Å². The van der Waals surface area contributed by atoms with E-state index in [0.29, 0.717) is 5.69 Å². The molecule has 1 aromatic rings. The van der Waals surface area contributed by atoms with E-state index < -0.39 is 11.9 Å². The van der Waals surface area contributed by atoms with Crippen LogP contribution in [0.15, 0.2) is 18.2 Å². The standard InChI is InChI=1S/C12H14FN3O3/c1-19-10-3-2-7(4-8(10)13)16-12(18)9-5-15-11(17)6-14-9/h2-4,9,14H,5-6H2,1H3,(H,15,17)(H,16,18). The van der Waals surface area contributed by atoms with E-state index >= 15 is 0 Å². The number of halogens is 1. The van der Waals surface area contributed by atoms with Crippen LogP contribution in [0.3, 0.4) is 0 Å². The molecule has 3 N–H and O–H groups in total. The Bertz CT molecular complexity index is 497. The highest BCUT2D eigenvalue weighted by atomic mass is 19.1. The molecule has 1 unspecified atom stereocenters. The number of amides is 2. The summed E-state index contributed by atoms with van der Waals surface area (Å²) in [6, 6.07) is 3.63. The summed E-state index contributed by atoms with van der Waals surface area (Å²) in [5.74, 6) is -0.921. The summed E-state index contributed by atoms with van der Waals surface area (Å²) in [5.41, 5.74) is 0.335. The third-order valence-electron chi connectivity index (χ3n) is 2.75. The van der Waals surface area contributed by atoms with E-state index in [1.165, 1.54) is 19.2 Å². The van der Waals surface area contributed by atoms with Gasteiger partial charge in [0.2, 0.25) is 11.8 Å². The van der Waals surface area contributed by atoms with Crippen LogP contribution in [0.4, 0.5) is 10.1 Å². The van der Waals surface area contributed by atoms with Crippen LogP contribution >= 0.6 is 0 Å². The summed E-state index contributed by atoms with van der Waals surface area (Å²) in [5, 5.41) is 7.93. The van der Waals surface area contributed by atoms with E-state index in [2.05, 4.69) is 16.0 Å². The molecular weight excluding hydrogens is 253 g/mol. The van der Waals surface area contributed by atoms with Gasteiger partial charge in [-0.05, 0) is 12.1 Å². The van der Waals surface area contributed by atoms with Crippen molar-refractivity contribution in [1.29, 1.82) is 0 Å². The number of ether oxygens (including phenoxy) is 1. The quantitative estimate of drug-likeness (QED) is 0.712. The van der Waals surface area contributed by atoms with Gasteiger partial charge < -0.3 is 15.4 Å². The summed E-state index contributed by atoms with van der Waals surface area (Å²) in [7, 11) is 1.37. The minimum absolute atomic E-state index is 0.0923. The lowest BCUT2D eigenvalue weighted by atomic mass is 10.2. The number of carbonyl (C=O) groups is 2. The van der Waals surface area contributed by atoms with Crippen molar-refractivity contribution in [2.75, 3.05) is 25.5 Å². The molecule has 1 heterocycles. The van der Waals surface area contributed by atoms with Gasteiger partial charge in [0.25, 0.3) is 0 Å². The van der Waals surface area contributed by atoms with Crippen molar-refractivity contribution < 1.29 is 18.7 Å². The molecule has 0 radical (unpaired) electrons. The SMILES string of the molecule is COc1ccc(NC(=O)C2CNC(=O)CN2)cc1F. The Balaban J connectivity index is 1.99. The molecule has 1 aliphatic heterocycles. The number of benzene rings is 1. The van der Waals surface area contributed by atoms with Crippen LogP contribution in [0.25, 0.3) is 0 Å². The Morgan fingerprint density at radius 3 is 2.89 bits per heavy atom. The summed E-state index contributed by atoms with van der Waals surface area (Å²) in [6.07, 6.45) is 0. The molecule has 0 saturated carbocycles. The maximum absolute atomic E-state index is 13.4. The minimum atomic E-state index is -0.551. The Hall–Kier alpha value is -2.15. The monoisotopic (exact) mass is 267 g/mol. The Morgan fingerprint density at radius 1 is 1.53 bits per heavy atom. The molecule has 1 fully saturated rings. The van der Waals surface area contributed by atoms with Crippen molar-refractivity contribution in [3.8, 4) is 5.75 Å². The van der Waals surface area contributed by atoms with Gasteiger partial charge in [0.15, 0.2) is 11.6 Å². The summed E-state index contributed by atoms with van der Waals surface area (Å²) in [6.45, 7) is 0.304. The van der Waals surface area contributed by atoms with E-state index in [1.54, 1.807) is 6.07 Å². The molecule has 0 spiro atoms. The van der Waals surface area contributed by atoms with E-state index in [9.17, 15) is 14.0 Å². The van der Waals surface area contributed by atoms with Crippen molar-refractivity contribution in [1.82, 2.24) is 10.6 Å². The van der Waals surface area contributed by atoms with Crippen molar-refractivity contribution in [2.24, 2.45) is 0 Å². The molecule has 19 heavy (non-hydrogen) atoms. The molecule has 6 nitrogen and oxygen atoms in total. The average Bonchev–Trinajstić information content (AvgIpc) is 2.39. The van der Waals surface area contributed by atoms with Crippen molar-refractivity contribution in [3.05, 3.63) is 24.0 Å². The minimum Gasteiger partial charge on any atom is -0.494 e. The topological polar surface area (TPSA) is 79.5 Å². The molecule has 7 heteroatoms. The smallest absolute Gasteiger partial charge is 0.243 e. The Labute approximate surface area is 109 Å². The van der Waals surface area contributed by atoms with Crippen molar-refractivity contribution >= 4 is 17.5 Å². The fraction of sp³-hybridized carbons (Fsp3) is 0.333. The molecule has 1 saturated heterocycles. The van der Waals surface area contributed by atoms with Gasteiger partial charge in [-0.25, -0.2) is 4.39 Å². The number of nitrogens with one attached hydrogen (secondary N) is 3. The van der Waals surface area contributed by atoms with Gasteiger partial charge in [-0.1, -0.05) is 0 Å². The Morgan fingerprint density at radius 2 is 2.32 bits per heavy atom. The van der Waals surface area contributed by atoms with Crippen molar-refractivity contribution in [3.63, 3.8) is 0 Å². The molecule has 0 aliphatic carbocycles. The van der Waals surface area contributed by atoms with Gasteiger partial charge in [0.1, 0.15) is 6.04 Å².